The maximum Gasteiger partial charge on any atom is 0.274 e. The molecule has 1 aliphatic rings. The first-order valence-electron chi connectivity index (χ1n) is 7.07. The Kier molecular flexibility index (Phi) is 4.24. The number of aryl methyl sites for hydroxylation is 3. The molecule has 1 aromatic rings. The van der Waals surface area contributed by atoms with Crippen LogP contribution in [0.3, 0.4) is 0 Å². The van der Waals surface area contributed by atoms with Crippen LogP contribution in [-0.2, 0) is 5.92 Å². The lowest BCUT2D eigenvalue weighted by molar-refractivity contribution is -0.0337. The summed E-state index contributed by atoms with van der Waals surface area (Å²) >= 11 is 0. The number of alkyl halides is 2. The van der Waals surface area contributed by atoms with E-state index in [1.165, 1.54) is 0 Å². The molecule has 1 nitrogen and oxygen atoms in total. The molecule has 1 aliphatic heterocycles. The van der Waals surface area contributed by atoms with Crippen molar-refractivity contribution in [3.05, 3.63) is 34.4 Å². The van der Waals surface area contributed by atoms with Crippen molar-refractivity contribution < 1.29 is 8.78 Å². The highest BCUT2D eigenvalue weighted by Gasteiger charge is 2.37. The van der Waals surface area contributed by atoms with Gasteiger partial charge in [0.1, 0.15) is 0 Å². The van der Waals surface area contributed by atoms with Crippen LogP contribution in [0.4, 0.5) is 8.78 Å². The van der Waals surface area contributed by atoms with Crippen molar-refractivity contribution >= 4 is 0 Å². The summed E-state index contributed by atoms with van der Waals surface area (Å²) in [6, 6.07) is 3.72. The molecule has 106 valence electrons. The zero-order chi connectivity index (χ0) is 14.0. The molecule has 19 heavy (non-hydrogen) atoms. The first kappa shape index (κ1) is 14.4. The van der Waals surface area contributed by atoms with Crippen LogP contribution in [0.25, 0.3) is 0 Å². The van der Waals surface area contributed by atoms with E-state index in [9.17, 15) is 8.78 Å². The zero-order valence-electron chi connectivity index (χ0n) is 12.0. The third-order valence-corrected chi connectivity index (χ3v) is 4.05. The Morgan fingerprint density at radius 1 is 1.11 bits per heavy atom. The fourth-order valence-corrected chi connectivity index (χ4v) is 3.31. The van der Waals surface area contributed by atoms with Gasteiger partial charge in [-0.2, -0.15) is 0 Å². The van der Waals surface area contributed by atoms with E-state index >= 15 is 0 Å². The number of halogens is 2. The van der Waals surface area contributed by atoms with Crippen LogP contribution in [0.5, 0.6) is 0 Å². The third-order valence-electron chi connectivity index (χ3n) is 4.05. The molecule has 1 heterocycles. The van der Waals surface area contributed by atoms with Gasteiger partial charge in [0.25, 0.3) is 5.92 Å². The van der Waals surface area contributed by atoms with Crippen molar-refractivity contribution in [3.8, 4) is 0 Å². The van der Waals surface area contributed by atoms with Gasteiger partial charge in [0.05, 0.1) is 0 Å². The summed E-state index contributed by atoms with van der Waals surface area (Å²) in [5.41, 5.74) is 2.74. The SMILES string of the molecule is Cc1cc(C)c(C(F)(F)CC2CCNCC2)c(C)c1. The van der Waals surface area contributed by atoms with E-state index in [0.717, 1.165) is 42.6 Å². The zero-order valence-corrected chi connectivity index (χ0v) is 12.0. The summed E-state index contributed by atoms with van der Waals surface area (Å²) in [7, 11) is 0. The first-order valence-corrected chi connectivity index (χ1v) is 7.07. The van der Waals surface area contributed by atoms with Gasteiger partial charge in [-0.1, -0.05) is 17.7 Å². The minimum Gasteiger partial charge on any atom is -0.317 e. The number of rotatable bonds is 3. The lowest BCUT2D eigenvalue weighted by Crippen LogP contribution is -2.31. The molecule has 0 bridgehead atoms. The smallest absolute Gasteiger partial charge is 0.274 e. The van der Waals surface area contributed by atoms with Crippen molar-refractivity contribution in [2.75, 3.05) is 13.1 Å². The van der Waals surface area contributed by atoms with Crippen molar-refractivity contribution in [2.24, 2.45) is 5.92 Å². The van der Waals surface area contributed by atoms with E-state index in [0.29, 0.717) is 0 Å². The Morgan fingerprint density at radius 2 is 1.63 bits per heavy atom. The van der Waals surface area contributed by atoms with Gasteiger partial charge in [-0.3, -0.25) is 0 Å². The monoisotopic (exact) mass is 267 g/mol. The second-order valence-electron chi connectivity index (χ2n) is 5.88. The largest absolute Gasteiger partial charge is 0.317 e. The van der Waals surface area contributed by atoms with Crippen molar-refractivity contribution in [3.63, 3.8) is 0 Å². The first-order chi connectivity index (χ1) is 8.90. The summed E-state index contributed by atoms with van der Waals surface area (Å²) in [5, 5.41) is 3.23. The summed E-state index contributed by atoms with van der Waals surface area (Å²) in [6.07, 6.45) is 1.71. The molecule has 0 unspecified atom stereocenters. The van der Waals surface area contributed by atoms with Crippen LogP contribution in [0, 0.1) is 26.7 Å². The molecule has 3 heteroatoms. The highest BCUT2D eigenvalue weighted by molar-refractivity contribution is 5.40. The molecule has 0 saturated carbocycles. The summed E-state index contributed by atoms with van der Waals surface area (Å²) in [5.74, 6) is -2.57. The average molecular weight is 267 g/mol. The van der Waals surface area contributed by atoms with Crippen LogP contribution in [0.2, 0.25) is 0 Å². The van der Waals surface area contributed by atoms with Gasteiger partial charge in [0.2, 0.25) is 0 Å². The van der Waals surface area contributed by atoms with Gasteiger partial charge in [-0.25, -0.2) is 8.78 Å². The second kappa shape index (κ2) is 5.58. The van der Waals surface area contributed by atoms with E-state index in [-0.39, 0.29) is 17.9 Å². The van der Waals surface area contributed by atoms with E-state index in [4.69, 9.17) is 0 Å². The number of nitrogens with one attached hydrogen (secondary N) is 1. The maximum absolute atomic E-state index is 14.6. The topological polar surface area (TPSA) is 12.0 Å². The minimum atomic E-state index is -2.70. The molecule has 1 fully saturated rings. The maximum atomic E-state index is 14.6. The number of benzene rings is 1. The standard InChI is InChI=1S/C16H23F2N/c1-11-8-12(2)15(13(3)9-11)16(17,18)10-14-4-6-19-7-5-14/h8-9,14,19H,4-7,10H2,1-3H3. The molecule has 0 amide bonds. The van der Waals surface area contributed by atoms with Crippen LogP contribution in [-0.4, -0.2) is 13.1 Å². The predicted octanol–water partition coefficient (Wildman–Crippen LogP) is 4.09. The summed E-state index contributed by atoms with van der Waals surface area (Å²) < 4.78 is 29.1. The Balaban J connectivity index is 2.23. The quantitative estimate of drug-likeness (QED) is 0.869. The Bertz CT molecular complexity index is 425. The number of hydrogen-bond acceptors (Lipinski definition) is 1. The second-order valence-corrected chi connectivity index (χ2v) is 5.88. The summed E-state index contributed by atoms with van der Waals surface area (Å²) in [4.78, 5) is 0. The van der Waals surface area contributed by atoms with Gasteiger partial charge in [0, 0.05) is 12.0 Å². The van der Waals surface area contributed by atoms with E-state index < -0.39 is 5.92 Å². The van der Waals surface area contributed by atoms with Crippen molar-refractivity contribution in [2.45, 2.75) is 46.0 Å². The van der Waals surface area contributed by atoms with E-state index in [1.54, 1.807) is 13.8 Å². The van der Waals surface area contributed by atoms with Gasteiger partial charge in [0.15, 0.2) is 0 Å². The highest BCUT2D eigenvalue weighted by atomic mass is 19.3. The fraction of sp³-hybridized carbons (Fsp3) is 0.625. The normalized spacial score (nSPS) is 17.7. The molecule has 0 atom stereocenters. The van der Waals surface area contributed by atoms with Crippen LogP contribution in [0.15, 0.2) is 12.1 Å². The van der Waals surface area contributed by atoms with Crippen LogP contribution < -0.4 is 5.32 Å². The van der Waals surface area contributed by atoms with E-state index in [1.807, 2.05) is 19.1 Å². The molecule has 0 aliphatic carbocycles. The minimum absolute atomic E-state index is 0.0145. The molecule has 1 N–H and O–H groups in total. The number of piperidine rings is 1. The Morgan fingerprint density at radius 3 is 2.16 bits per heavy atom. The molecule has 0 aromatic heterocycles. The van der Waals surface area contributed by atoms with Crippen LogP contribution >= 0.6 is 0 Å². The van der Waals surface area contributed by atoms with Gasteiger partial charge >= 0.3 is 0 Å². The molecule has 2 rings (SSSR count). The van der Waals surface area contributed by atoms with Gasteiger partial charge < -0.3 is 5.32 Å². The molecule has 1 aromatic carbocycles. The van der Waals surface area contributed by atoms with Crippen LogP contribution in [0.1, 0.15) is 41.5 Å². The third kappa shape index (κ3) is 3.33. The molecule has 0 spiro atoms. The van der Waals surface area contributed by atoms with Gasteiger partial charge in [-0.15, -0.1) is 0 Å². The lowest BCUT2D eigenvalue weighted by Gasteiger charge is -2.29. The lowest BCUT2D eigenvalue weighted by atomic mass is 9.86. The van der Waals surface area contributed by atoms with Gasteiger partial charge in [-0.05, 0) is 63.7 Å². The molecular weight excluding hydrogens is 244 g/mol. The molecule has 0 radical (unpaired) electrons. The predicted molar refractivity (Wildman–Crippen MR) is 74.8 cm³/mol. The van der Waals surface area contributed by atoms with Crippen molar-refractivity contribution in [1.29, 1.82) is 0 Å². The summed E-state index contributed by atoms with van der Waals surface area (Å²) in [6.45, 7) is 7.28. The molecular formula is C16H23F2N. The van der Waals surface area contributed by atoms with Crippen molar-refractivity contribution in [1.82, 2.24) is 5.32 Å². The fourth-order valence-electron chi connectivity index (χ4n) is 3.31. The Hall–Kier alpha value is -0.960. The number of hydrogen-bond donors (Lipinski definition) is 1. The molecule has 1 saturated heterocycles. The highest BCUT2D eigenvalue weighted by Crippen LogP contribution is 2.40. The van der Waals surface area contributed by atoms with E-state index in [2.05, 4.69) is 5.32 Å². The average Bonchev–Trinajstić information content (AvgIpc) is 2.27. The Labute approximate surface area is 114 Å².